The second-order valence-corrected chi connectivity index (χ2v) is 15.0. The summed E-state index contributed by atoms with van der Waals surface area (Å²) in [5.41, 5.74) is 18.3. The molecule has 0 bridgehead atoms. The highest BCUT2D eigenvalue weighted by molar-refractivity contribution is 5.98. The van der Waals surface area contributed by atoms with E-state index in [1.165, 1.54) is 66.5 Å². The zero-order chi connectivity index (χ0) is 36.9. The standard InChI is InChI=1S/C53H40N2/c1-53(2)50-22-11-9-20-46(50)47-33-32-45(35-51(47)53)55(43-28-24-38(25-29-43)37-14-5-3-6-15-37)44-30-26-39(27-31-44)40-16-13-17-41(34-40)49-36-54(42-18-7-4-8-19-42)52-23-12-10-21-48(49)52/h3-36H,1-2H3. The van der Waals surface area contributed by atoms with Gasteiger partial charge in [0.15, 0.2) is 0 Å². The van der Waals surface area contributed by atoms with E-state index in [1.807, 2.05) is 0 Å². The van der Waals surface area contributed by atoms with Crippen LogP contribution in [0.2, 0.25) is 0 Å². The van der Waals surface area contributed by atoms with E-state index in [9.17, 15) is 0 Å². The Balaban J connectivity index is 1.04. The number of para-hydroxylation sites is 2. The predicted molar refractivity (Wildman–Crippen MR) is 232 cm³/mol. The number of nitrogens with zero attached hydrogens (tertiary/aromatic N) is 2. The molecule has 10 rings (SSSR count). The van der Waals surface area contributed by atoms with E-state index >= 15 is 0 Å². The van der Waals surface area contributed by atoms with Crippen molar-refractivity contribution in [2.75, 3.05) is 4.90 Å². The first-order valence-electron chi connectivity index (χ1n) is 19.1. The van der Waals surface area contributed by atoms with E-state index in [-0.39, 0.29) is 5.41 Å². The first kappa shape index (κ1) is 32.7. The summed E-state index contributed by atoms with van der Waals surface area (Å²) in [5.74, 6) is 0. The molecule has 8 aromatic carbocycles. The highest BCUT2D eigenvalue weighted by Crippen LogP contribution is 2.50. The number of rotatable bonds is 7. The molecule has 0 fully saturated rings. The van der Waals surface area contributed by atoms with Crippen LogP contribution < -0.4 is 4.90 Å². The Labute approximate surface area is 323 Å². The molecule has 0 unspecified atom stereocenters. The first-order chi connectivity index (χ1) is 27.0. The summed E-state index contributed by atoms with van der Waals surface area (Å²) < 4.78 is 2.30. The molecule has 0 saturated carbocycles. The lowest BCUT2D eigenvalue weighted by Gasteiger charge is -2.28. The fourth-order valence-corrected chi connectivity index (χ4v) is 8.59. The molecule has 2 nitrogen and oxygen atoms in total. The van der Waals surface area contributed by atoms with Crippen molar-refractivity contribution < 1.29 is 0 Å². The molecule has 0 amide bonds. The van der Waals surface area contributed by atoms with Gasteiger partial charge in [-0.2, -0.15) is 0 Å². The van der Waals surface area contributed by atoms with Crippen LogP contribution >= 0.6 is 0 Å². The van der Waals surface area contributed by atoms with Crippen molar-refractivity contribution in [3.63, 3.8) is 0 Å². The van der Waals surface area contributed by atoms with Crippen molar-refractivity contribution in [3.05, 3.63) is 218 Å². The summed E-state index contributed by atoms with van der Waals surface area (Å²) >= 11 is 0. The Morgan fingerprint density at radius 1 is 0.382 bits per heavy atom. The number of hydrogen-bond donors (Lipinski definition) is 0. The molecule has 2 heteroatoms. The van der Waals surface area contributed by atoms with Crippen molar-refractivity contribution in [2.24, 2.45) is 0 Å². The van der Waals surface area contributed by atoms with Crippen molar-refractivity contribution in [1.82, 2.24) is 4.57 Å². The maximum atomic E-state index is 2.41. The Morgan fingerprint density at radius 2 is 0.927 bits per heavy atom. The topological polar surface area (TPSA) is 8.17 Å². The van der Waals surface area contributed by atoms with Gasteiger partial charge in [0.1, 0.15) is 0 Å². The molecule has 0 saturated heterocycles. The van der Waals surface area contributed by atoms with Crippen molar-refractivity contribution in [1.29, 1.82) is 0 Å². The SMILES string of the molecule is CC1(C)c2ccccc2-c2ccc(N(c3ccc(-c4ccccc4)cc3)c3ccc(-c4cccc(-c5cn(-c6ccccc6)c6ccccc56)c4)cc3)cc21. The van der Waals surface area contributed by atoms with Gasteiger partial charge in [0, 0.05) is 45.3 Å². The third-order valence-electron chi connectivity index (χ3n) is 11.4. The fourth-order valence-electron chi connectivity index (χ4n) is 8.59. The van der Waals surface area contributed by atoms with Crippen LogP contribution in [0.1, 0.15) is 25.0 Å². The highest BCUT2D eigenvalue weighted by atomic mass is 15.1. The zero-order valence-electron chi connectivity index (χ0n) is 31.0. The van der Waals surface area contributed by atoms with Crippen molar-refractivity contribution in [3.8, 4) is 50.2 Å². The minimum atomic E-state index is -0.0902. The van der Waals surface area contributed by atoms with Crippen LogP contribution in [0.25, 0.3) is 61.1 Å². The summed E-state index contributed by atoms with van der Waals surface area (Å²) in [5, 5.41) is 1.24. The first-order valence-corrected chi connectivity index (χ1v) is 19.1. The smallest absolute Gasteiger partial charge is 0.0534 e. The van der Waals surface area contributed by atoms with Crippen LogP contribution in [0.4, 0.5) is 17.1 Å². The second kappa shape index (κ2) is 13.2. The zero-order valence-corrected chi connectivity index (χ0v) is 31.0. The lowest BCUT2D eigenvalue weighted by molar-refractivity contribution is 0.660. The second-order valence-electron chi connectivity index (χ2n) is 15.0. The molecule has 0 radical (unpaired) electrons. The van der Waals surface area contributed by atoms with Gasteiger partial charge in [0.25, 0.3) is 0 Å². The van der Waals surface area contributed by atoms with Gasteiger partial charge in [-0.05, 0) is 111 Å². The van der Waals surface area contributed by atoms with Crippen LogP contribution in [0, 0.1) is 0 Å². The number of benzene rings is 8. The largest absolute Gasteiger partial charge is 0.316 e. The van der Waals surface area contributed by atoms with Crippen molar-refractivity contribution in [2.45, 2.75) is 19.3 Å². The number of fused-ring (bicyclic) bond motifs is 4. The van der Waals surface area contributed by atoms with Crippen LogP contribution in [-0.4, -0.2) is 4.57 Å². The van der Waals surface area contributed by atoms with Gasteiger partial charge in [0.05, 0.1) is 5.52 Å². The van der Waals surface area contributed by atoms with Gasteiger partial charge in [-0.3, -0.25) is 0 Å². The number of anilines is 3. The van der Waals surface area contributed by atoms with Crippen molar-refractivity contribution >= 4 is 28.0 Å². The van der Waals surface area contributed by atoms with Crippen LogP contribution in [0.3, 0.4) is 0 Å². The van der Waals surface area contributed by atoms with E-state index in [1.54, 1.807) is 0 Å². The molecule has 9 aromatic rings. The van der Waals surface area contributed by atoms with Crippen LogP contribution in [0.15, 0.2) is 206 Å². The van der Waals surface area contributed by atoms with E-state index in [0.717, 1.165) is 22.7 Å². The third kappa shape index (κ3) is 5.66. The average Bonchev–Trinajstić information content (AvgIpc) is 3.75. The summed E-state index contributed by atoms with van der Waals surface area (Å²) in [4.78, 5) is 2.40. The lowest BCUT2D eigenvalue weighted by atomic mass is 9.82. The third-order valence-corrected chi connectivity index (χ3v) is 11.4. The fraction of sp³-hybridized carbons (Fsp3) is 0.0566. The monoisotopic (exact) mass is 704 g/mol. The Kier molecular flexibility index (Phi) is 7.85. The quantitative estimate of drug-likeness (QED) is 0.160. The minimum absolute atomic E-state index is 0.0902. The molecule has 0 N–H and O–H groups in total. The Hall–Kier alpha value is -6.90. The lowest BCUT2D eigenvalue weighted by Crippen LogP contribution is -2.16. The molecule has 0 aliphatic heterocycles. The molecule has 0 spiro atoms. The molecule has 1 heterocycles. The van der Waals surface area contributed by atoms with E-state index < -0.39 is 0 Å². The van der Waals surface area contributed by atoms with Gasteiger partial charge < -0.3 is 9.47 Å². The Morgan fingerprint density at radius 3 is 1.67 bits per heavy atom. The summed E-state index contributed by atoms with van der Waals surface area (Å²) in [6.07, 6.45) is 2.28. The molecule has 262 valence electrons. The van der Waals surface area contributed by atoms with Crippen LogP contribution in [0.5, 0.6) is 0 Å². The summed E-state index contributed by atoms with van der Waals surface area (Å²) in [6.45, 7) is 4.70. The normalized spacial score (nSPS) is 12.7. The van der Waals surface area contributed by atoms with E-state index in [2.05, 4.69) is 230 Å². The van der Waals surface area contributed by atoms with Crippen LogP contribution in [-0.2, 0) is 5.41 Å². The van der Waals surface area contributed by atoms with Gasteiger partial charge >= 0.3 is 0 Å². The summed E-state index contributed by atoms with van der Waals surface area (Å²) in [7, 11) is 0. The van der Waals surface area contributed by atoms with Gasteiger partial charge in [-0.15, -0.1) is 0 Å². The van der Waals surface area contributed by atoms with Gasteiger partial charge in [-0.1, -0.05) is 153 Å². The maximum absolute atomic E-state index is 2.41. The molecule has 0 atom stereocenters. The molecular formula is C53H40N2. The van der Waals surface area contributed by atoms with E-state index in [4.69, 9.17) is 0 Å². The highest BCUT2D eigenvalue weighted by Gasteiger charge is 2.35. The Bertz CT molecular complexity index is 2810. The van der Waals surface area contributed by atoms with Gasteiger partial charge in [0.2, 0.25) is 0 Å². The molecule has 1 aromatic heterocycles. The van der Waals surface area contributed by atoms with E-state index in [0.29, 0.717) is 0 Å². The summed E-state index contributed by atoms with van der Waals surface area (Å²) in [6, 6.07) is 72.7. The minimum Gasteiger partial charge on any atom is -0.316 e. The maximum Gasteiger partial charge on any atom is 0.0534 e. The average molecular weight is 705 g/mol. The molecular weight excluding hydrogens is 665 g/mol. The molecule has 55 heavy (non-hydrogen) atoms. The molecule has 1 aliphatic carbocycles. The van der Waals surface area contributed by atoms with Gasteiger partial charge in [-0.25, -0.2) is 0 Å². The molecule has 1 aliphatic rings. The predicted octanol–water partition coefficient (Wildman–Crippen LogP) is 14.4. The number of hydrogen-bond acceptors (Lipinski definition) is 1. The number of aromatic nitrogens is 1.